The van der Waals surface area contributed by atoms with E-state index >= 15 is 0 Å². The van der Waals surface area contributed by atoms with E-state index in [0.717, 1.165) is 70.5 Å². The number of fused-ring (bicyclic) bond motifs is 15. The Morgan fingerprint density at radius 3 is 1.10 bits per heavy atom. The van der Waals surface area contributed by atoms with Gasteiger partial charge in [-0.2, -0.15) is 0 Å². The number of hydrogen-bond acceptors (Lipinski definition) is 2. The third kappa shape index (κ3) is 20.2. The van der Waals surface area contributed by atoms with Crippen LogP contribution in [0.2, 0.25) is 0 Å². The van der Waals surface area contributed by atoms with Gasteiger partial charge in [-0.1, -0.05) is 377 Å². The molecule has 0 N–H and O–H groups in total. The number of benzene rings is 13. The molecule has 0 unspecified atom stereocenters. The van der Waals surface area contributed by atoms with E-state index in [1.807, 2.05) is 12.2 Å². The lowest BCUT2D eigenvalue weighted by atomic mass is 9.67. The smallest absolute Gasteiger partial charge is 0.108 e. The number of rotatable bonds is 34. The Bertz CT molecular complexity index is 6670. The summed E-state index contributed by atoms with van der Waals surface area (Å²) in [6.07, 6.45) is 41.7. The Kier molecular flexibility index (Phi) is 30.8. The maximum absolute atomic E-state index is 6.07. The summed E-state index contributed by atoms with van der Waals surface area (Å²) in [7, 11) is 0. The fourth-order valence-electron chi connectivity index (χ4n) is 23.4. The van der Waals surface area contributed by atoms with Gasteiger partial charge in [-0.3, -0.25) is 0 Å². The zero-order valence-corrected chi connectivity index (χ0v) is 83.6. The van der Waals surface area contributed by atoms with Crippen molar-refractivity contribution in [1.82, 2.24) is 0 Å². The summed E-state index contributed by atoms with van der Waals surface area (Å²) in [5, 5.41) is 0. The molecular weight excluding hydrogens is 1650 g/mol. The molecule has 0 radical (unpaired) electrons. The first-order valence-corrected chi connectivity index (χ1v) is 51.7. The summed E-state index contributed by atoms with van der Waals surface area (Å²) in [5.74, 6) is 20.0. The maximum atomic E-state index is 6.07. The Labute approximate surface area is 831 Å². The number of terminal acetylenes is 1. The van der Waals surface area contributed by atoms with E-state index < -0.39 is 5.41 Å². The van der Waals surface area contributed by atoms with Gasteiger partial charge in [-0.05, 0) is 374 Å². The lowest BCUT2D eigenvalue weighted by Crippen LogP contribution is -2.29. The highest BCUT2D eigenvalue weighted by molar-refractivity contribution is 5.89. The molecule has 0 aliphatic heterocycles. The third-order valence-corrected chi connectivity index (χ3v) is 31.0. The van der Waals surface area contributed by atoms with E-state index in [1.54, 1.807) is 22.3 Å². The molecule has 0 spiro atoms. The highest BCUT2D eigenvalue weighted by atomic mass is 16.5. The van der Waals surface area contributed by atoms with Crippen molar-refractivity contribution in [1.29, 1.82) is 0 Å². The first-order valence-electron chi connectivity index (χ1n) is 51.7. The van der Waals surface area contributed by atoms with Crippen LogP contribution in [0.4, 0.5) is 0 Å². The van der Waals surface area contributed by atoms with E-state index in [-0.39, 0.29) is 24.8 Å². The standard InChI is InChI=1S/C40H46.C37H24.C29H38O2.C29H32.6H2/c1-4-5-6-8-11-31-16-21-35(22-17-31)40(25-10-7-9-12-32-15-18-33-19-20-34(33)28-32)38-26-29(2)13-23-36(38)37-24-14-30(3)27-39(37)40;1-4-5-6-7-8-9-21-37(32-12-10-11-29(25-32)31-18-16-28-15-17-30(28)24-31)35-22-26(2)13-19-33(35)34-20-14-27(3)23-36(34)37;1-5-7-9-17-30-19-15-29(16-20-31-18-10-8-6-2)27-21-23(3)11-13-25(27)26-14-12-24(4)22-28(26)29;1-4-5-6-7-16-29(24-13-12-22-10-11-23(22)19-24)27-17-20(2)8-14-25(27)26-15-9-21(3)18-28(26)29;;;;;;/h13-18,21-24,26-28H,4-12,19-20,25H2,1-3H3;1,10-14,16,18-20,22-25H,15,17H2,2-3H3;5-6,11-14,21-22H,1-2,7-10,15-20H2,3-4H3;8-9,12-15,17-19H,4-7,10-11,16H2,1-3H3;6*1H. The topological polar surface area (TPSA) is 18.5 Å². The van der Waals surface area contributed by atoms with Crippen LogP contribution in [0.5, 0.6) is 0 Å². The van der Waals surface area contributed by atoms with Crippen molar-refractivity contribution < 1.29 is 18.0 Å². The van der Waals surface area contributed by atoms with Gasteiger partial charge in [-0.25, -0.2) is 0 Å². The van der Waals surface area contributed by atoms with Crippen molar-refractivity contribution in [3.63, 3.8) is 0 Å². The van der Waals surface area contributed by atoms with Gasteiger partial charge < -0.3 is 9.47 Å². The molecule has 704 valence electrons. The van der Waals surface area contributed by atoms with E-state index in [0.29, 0.717) is 0 Å². The second-order valence-corrected chi connectivity index (χ2v) is 40.5. The minimum absolute atomic E-state index is 0. The third-order valence-electron chi connectivity index (χ3n) is 31.0. The normalized spacial score (nSPS) is 14.1. The average Bonchev–Trinajstić information content (AvgIpc) is 1.55. The Morgan fingerprint density at radius 2 is 0.664 bits per heavy atom. The molecule has 7 aliphatic rings. The van der Waals surface area contributed by atoms with Crippen molar-refractivity contribution in [2.45, 2.75) is 264 Å². The molecule has 0 heterocycles. The van der Waals surface area contributed by atoms with Gasteiger partial charge in [0.15, 0.2) is 0 Å². The molecule has 0 atom stereocenters. The first-order chi connectivity index (χ1) is 66.9. The van der Waals surface area contributed by atoms with Crippen LogP contribution in [0.1, 0.15) is 295 Å². The molecule has 0 aromatic heterocycles. The van der Waals surface area contributed by atoms with Crippen LogP contribution < -0.4 is 0 Å². The number of aryl methyl sites for hydroxylation is 16. The number of allylic oxidation sites excluding steroid dienone is 2. The van der Waals surface area contributed by atoms with Gasteiger partial charge in [0.25, 0.3) is 0 Å². The van der Waals surface area contributed by atoms with Gasteiger partial charge in [0.05, 0.1) is 0 Å². The predicted molar refractivity (Wildman–Crippen MR) is 593 cm³/mol. The maximum Gasteiger partial charge on any atom is 0.108 e. The van der Waals surface area contributed by atoms with Crippen molar-refractivity contribution in [3.05, 3.63) is 424 Å². The second kappa shape index (κ2) is 43.9. The molecule has 13 aromatic carbocycles. The number of hydrogen-bond donors (Lipinski definition) is 0. The van der Waals surface area contributed by atoms with E-state index in [9.17, 15) is 0 Å². The number of ether oxygens (including phenoxy) is 2. The molecule has 7 aliphatic carbocycles. The fraction of sp³-hybridized carbons (Fsp3) is 0.333. The van der Waals surface area contributed by atoms with Crippen LogP contribution in [-0.4, -0.2) is 26.4 Å². The van der Waals surface area contributed by atoms with Crippen molar-refractivity contribution in [2.75, 3.05) is 26.4 Å². The lowest BCUT2D eigenvalue weighted by Gasteiger charge is -2.35. The largest absolute Gasteiger partial charge is 0.381 e. The van der Waals surface area contributed by atoms with Gasteiger partial charge in [0.1, 0.15) is 5.41 Å². The molecule has 0 saturated carbocycles. The summed E-state index contributed by atoms with van der Waals surface area (Å²) >= 11 is 0. The first kappa shape index (κ1) is 96.2. The Morgan fingerprint density at radius 1 is 0.299 bits per heavy atom. The summed E-state index contributed by atoms with van der Waals surface area (Å²) in [4.78, 5) is 0. The molecule has 20 rings (SSSR count). The monoisotopic (exact) mass is 1810 g/mol. The molecule has 2 nitrogen and oxygen atoms in total. The molecule has 2 heteroatoms. The van der Waals surface area contributed by atoms with Crippen LogP contribution in [0, 0.1) is 103 Å². The van der Waals surface area contributed by atoms with Gasteiger partial charge in [0.2, 0.25) is 0 Å². The quantitative estimate of drug-likeness (QED) is 0.0227. The van der Waals surface area contributed by atoms with E-state index in [2.05, 4.69) is 373 Å². The van der Waals surface area contributed by atoms with Gasteiger partial charge in [-0.15, -0.1) is 19.6 Å². The van der Waals surface area contributed by atoms with Crippen molar-refractivity contribution in [3.8, 4) is 104 Å². The molecular formula is C135H152O2. The van der Waals surface area contributed by atoms with Crippen molar-refractivity contribution in [2.24, 2.45) is 0 Å². The summed E-state index contributed by atoms with van der Waals surface area (Å²) in [5.41, 5.74) is 50.9. The Hall–Kier alpha value is -12.5. The molecule has 0 fully saturated rings. The molecule has 0 bridgehead atoms. The highest BCUT2D eigenvalue weighted by Gasteiger charge is 2.49. The van der Waals surface area contributed by atoms with Crippen LogP contribution in [0.25, 0.3) is 55.6 Å². The van der Waals surface area contributed by atoms with Crippen LogP contribution >= 0.6 is 0 Å². The van der Waals surface area contributed by atoms with Crippen LogP contribution in [-0.2, 0) is 82.5 Å². The molecule has 0 saturated heterocycles. The zero-order valence-electron chi connectivity index (χ0n) is 83.6. The zero-order chi connectivity index (χ0) is 95.1. The lowest BCUT2D eigenvalue weighted by molar-refractivity contribution is 0.0934. The van der Waals surface area contributed by atoms with Gasteiger partial charge >= 0.3 is 0 Å². The minimum atomic E-state index is -0.646. The highest BCUT2D eigenvalue weighted by Crippen LogP contribution is 2.60. The van der Waals surface area contributed by atoms with Gasteiger partial charge in [0, 0.05) is 51.2 Å². The average molecular weight is 1810 g/mol. The summed E-state index contributed by atoms with van der Waals surface area (Å²) in [6.45, 7) is 33.0. The molecule has 0 amide bonds. The minimum Gasteiger partial charge on any atom is -0.381 e. The SMILES string of the molecule is C#CC#CC#CC#CC1(c2cccc(-c3ccc4c(c3)CC4)c2)c2cc(C)ccc2-c2ccc(C)cc21.C=CCCCOCCC1(CCOCCCC=C)c2cc(C)ccc2-c2ccc(C)cc21.CCCCCCC1(c2ccc3c(c2)CC3)c2cc(C)ccc2-c2ccc(C)cc21.CCCCCCc1ccc(C2(CCCCCc3ccc4c(c3)CC4)c3cc(C)ccc3-c3ccc(C)cc32)cc1.[HH].[HH].[HH].[HH].[HH].[HH]. The van der Waals surface area contributed by atoms with Crippen LogP contribution in [0.15, 0.2) is 274 Å². The number of unbranched alkanes of at least 4 members (excludes halogenated alkanes) is 10. The molecule has 13 aromatic rings. The summed E-state index contributed by atoms with van der Waals surface area (Å²) < 4.78 is 12.1. The second-order valence-electron chi connectivity index (χ2n) is 40.5. The van der Waals surface area contributed by atoms with Crippen LogP contribution in [0.3, 0.4) is 0 Å². The van der Waals surface area contributed by atoms with Crippen molar-refractivity contribution >= 4 is 0 Å². The fourth-order valence-corrected chi connectivity index (χ4v) is 23.4. The van der Waals surface area contributed by atoms with E-state index in [1.165, 1.54) is 313 Å². The molecule has 137 heavy (non-hydrogen) atoms. The summed E-state index contributed by atoms with van der Waals surface area (Å²) in [6, 6.07) is 96.0. The van der Waals surface area contributed by atoms with E-state index in [4.69, 9.17) is 15.9 Å². The Balaban J connectivity index is 0.000000181. The predicted octanol–water partition coefficient (Wildman–Crippen LogP) is 34.1.